The molecular weight excluding hydrogens is 462 g/mol. The maximum Gasteiger partial charge on any atom is 0.335 e. The van der Waals surface area contributed by atoms with Crippen molar-refractivity contribution in [2.24, 2.45) is 0 Å². The van der Waals surface area contributed by atoms with Crippen molar-refractivity contribution in [2.75, 3.05) is 18.5 Å². The minimum absolute atomic E-state index is 0.136. The Labute approximate surface area is 209 Å². The number of carbonyl (C=O) groups is 3. The predicted molar refractivity (Wildman–Crippen MR) is 135 cm³/mol. The smallest absolute Gasteiger partial charge is 0.335 e. The molecule has 0 heterocycles. The van der Waals surface area contributed by atoms with Gasteiger partial charge in [0, 0.05) is 12.1 Å². The van der Waals surface area contributed by atoms with Crippen LogP contribution in [0.4, 0.5) is 5.69 Å². The molecule has 188 valence electrons. The van der Waals surface area contributed by atoms with Crippen molar-refractivity contribution in [3.05, 3.63) is 89.5 Å². The number of hydrogen-bond donors (Lipinski definition) is 3. The lowest BCUT2D eigenvalue weighted by Gasteiger charge is -2.12. The Bertz CT molecular complexity index is 1150. The number of ether oxygens (including phenoxy) is 2. The van der Waals surface area contributed by atoms with Crippen molar-refractivity contribution in [3.8, 4) is 11.5 Å². The lowest BCUT2D eigenvalue weighted by molar-refractivity contribution is -0.116. The van der Waals surface area contributed by atoms with Crippen molar-refractivity contribution in [1.29, 1.82) is 0 Å². The highest BCUT2D eigenvalue weighted by molar-refractivity contribution is 5.98. The van der Waals surface area contributed by atoms with Gasteiger partial charge in [0.25, 0.3) is 0 Å². The molecule has 0 fully saturated rings. The van der Waals surface area contributed by atoms with E-state index in [-0.39, 0.29) is 29.1 Å². The Morgan fingerprint density at radius 2 is 1.33 bits per heavy atom. The van der Waals surface area contributed by atoms with Crippen LogP contribution in [0.15, 0.2) is 72.8 Å². The Hall–Kier alpha value is -4.33. The van der Waals surface area contributed by atoms with Crippen molar-refractivity contribution in [3.63, 3.8) is 0 Å². The van der Waals surface area contributed by atoms with E-state index in [1.165, 1.54) is 12.1 Å². The van der Waals surface area contributed by atoms with Gasteiger partial charge in [0.2, 0.25) is 5.91 Å². The topological polar surface area (TPSA) is 122 Å². The fourth-order valence-corrected chi connectivity index (χ4v) is 3.55. The third kappa shape index (κ3) is 8.47. The molecule has 3 aromatic rings. The molecule has 3 N–H and O–H groups in total. The SMILES string of the molecule is O=C(CCCc1ccccc1OCCCCOc1ccccc1)Nc1cc(C(=O)O)cc(C(=O)O)c1. The summed E-state index contributed by atoms with van der Waals surface area (Å²) in [7, 11) is 0. The molecule has 1 amide bonds. The van der Waals surface area contributed by atoms with E-state index in [1.54, 1.807) is 0 Å². The van der Waals surface area contributed by atoms with Gasteiger partial charge in [-0.3, -0.25) is 4.79 Å². The van der Waals surface area contributed by atoms with Gasteiger partial charge in [-0.2, -0.15) is 0 Å². The van der Waals surface area contributed by atoms with E-state index in [9.17, 15) is 24.6 Å². The van der Waals surface area contributed by atoms with E-state index in [0.717, 1.165) is 36.0 Å². The molecule has 0 aromatic heterocycles. The summed E-state index contributed by atoms with van der Waals surface area (Å²) in [5.74, 6) is -1.24. The normalized spacial score (nSPS) is 10.4. The summed E-state index contributed by atoms with van der Waals surface area (Å²) >= 11 is 0. The van der Waals surface area contributed by atoms with Crippen LogP contribution < -0.4 is 14.8 Å². The monoisotopic (exact) mass is 491 g/mol. The molecule has 0 radical (unpaired) electrons. The van der Waals surface area contributed by atoms with Crippen molar-refractivity contribution >= 4 is 23.5 Å². The van der Waals surface area contributed by atoms with Crippen LogP contribution in [-0.4, -0.2) is 41.3 Å². The third-order valence-corrected chi connectivity index (χ3v) is 5.34. The molecule has 0 saturated carbocycles. The molecule has 0 aliphatic heterocycles. The van der Waals surface area contributed by atoms with Crippen LogP contribution in [0.25, 0.3) is 0 Å². The summed E-state index contributed by atoms with van der Waals surface area (Å²) in [6.45, 7) is 1.18. The molecular formula is C28H29NO7. The predicted octanol–water partition coefficient (Wildman–Crippen LogP) is 5.28. The van der Waals surface area contributed by atoms with Crippen LogP contribution in [0.2, 0.25) is 0 Å². The van der Waals surface area contributed by atoms with E-state index in [0.29, 0.717) is 26.1 Å². The second kappa shape index (κ2) is 13.5. The largest absolute Gasteiger partial charge is 0.494 e. The standard InChI is InChI=1S/C28H29NO7/c30-26(29-23-18-21(27(31)32)17-22(19-23)28(33)34)14-8-10-20-9-4-5-13-25(20)36-16-7-6-15-35-24-11-2-1-3-12-24/h1-5,9,11-13,17-19H,6-8,10,14-16H2,(H,29,30)(H,31,32)(H,33,34). The first-order valence-electron chi connectivity index (χ1n) is 11.7. The van der Waals surface area contributed by atoms with Gasteiger partial charge in [0.05, 0.1) is 24.3 Å². The first-order chi connectivity index (χ1) is 17.4. The van der Waals surface area contributed by atoms with E-state index < -0.39 is 11.9 Å². The number of unbranched alkanes of at least 4 members (excludes halogenated alkanes) is 1. The Morgan fingerprint density at radius 1 is 0.722 bits per heavy atom. The van der Waals surface area contributed by atoms with Crippen LogP contribution in [0.3, 0.4) is 0 Å². The molecule has 3 rings (SSSR count). The van der Waals surface area contributed by atoms with Crippen molar-refractivity contribution in [1.82, 2.24) is 0 Å². The number of carboxylic acid groups (broad SMARTS) is 2. The van der Waals surface area contributed by atoms with Gasteiger partial charge in [-0.05, 0) is 67.6 Å². The number of benzene rings is 3. The van der Waals surface area contributed by atoms with Gasteiger partial charge in [0.1, 0.15) is 11.5 Å². The fourth-order valence-electron chi connectivity index (χ4n) is 3.55. The number of anilines is 1. The Balaban J connectivity index is 1.43. The van der Waals surface area contributed by atoms with Gasteiger partial charge in [-0.25, -0.2) is 9.59 Å². The number of hydrogen-bond acceptors (Lipinski definition) is 5. The van der Waals surface area contributed by atoms with Gasteiger partial charge in [-0.1, -0.05) is 36.4 Å². The average molecular weight is 492 g/mol. The number of nitrogens with one attached hydrogen (secondary N) is 1. The van der Waals surface area contributed by atoms with E-state index in [1.807, 2.05) is 54.6 Å². The lowest BCUT2D eigenvalue weighted by Crippen LogP contribution is -2.13. The van der Waals surface area contributed by atoms with Gasteiger partial charge >= 0.3 is 11.9 Å². The van der Waals surface area contributed by atoms with Gasteiger partial charge in [0.15, 0.2) is 0 Å². The molecule has 8 heteroatoms. The number of aryl methyl sites for hydroxylation is 1. The quantitative estimate of drug-likeness (QED) is 0.262. The van der Waals surface area contributed by atoms with Crippen LogP contribution in [0.1, 0.15) is 52.0 Å². The van der Waals surface area contributed by atoms with Crippen LogP contribution >= 0.6 is 0 Å². The number of rotatable bonds is 14. The maximum atomic E-state index is 12.4. The molecule has 8 nitrogen and oxygen atoms in total. The zero-order valence-corrected chi connectivity index (χ0v) is 19.8. The minimum Gasteiger partial charge on any atom is -0.494 e. The lowest BCUT2D eigenvalue weighted by atomic mass is 10.1. The summed E-state index contributed by atoms with van der Waals surface area (Å²) in [6.07, 6.45) is 3.06. The zero-order valence-electron chi connectivity index (χ0n) is 19.8. The molecule has 0 unspecified atom stereocenters. The third-order valence-electron chi connectivity index (χ3n) is 5.34. The average Bonchev–Trinajstić information content (AvgIpc) is 2.87. The summed E-state index contributed by atoms with van der Waals surface area (Å²) in [5.41, 5.74) is 0.718. The maximum absolute atomic E-state index is 12.4. The number of aromatic carboxylic acids is 2. The highest BCUT2D eigenvalue weighted by Crippen LogP contribution is 2.21. The summed E-state index contributed by atoms with van der Waals surface area (Å²) in [5, 5.41) is 20.9. The number of carboxylic acids is 2. The number of carbonyl (C=O) groups excluding carboxylic acids is 1. The number of para-hydroxylation sites is 2. The van der Waals surface area contributed by atoms with Crippen LogP contribution in [0, 0.1) is 0 Å². The number of amides is 1. The first kappa shape index (κ1) is 26.3. The molecule has 0 saturated heterocycles. The van der Waals surface area contributed by atoms with E-state index in [2.05, 4.69) is 5.32 Å². The van der Waals surface area contributed by atoms with Gasteiger partial charge in [-0.15, -0.1) is 0 Å². The molecule has 3 aromatic carbocycles. The molecule has 0 aliphatic carbocycles. The molecule has 0 spiro atoms. The fraction of sp³-hybridized carbons (Fsp3) is 0.250. The van der Waals surface area contributed by atoms with Crippen molar-refractivity contribution in [2.45, 2.75) is 32.1 Å². The highest BCUT2D eigenvalue weighted by Gasteiger charge is 2.13. The summed E-state index contributed by atoms with van der Waals surface area (Å²) in [6, 6.07) is 20.9. The van der Waals surface area contributed by atoms with E-state index >= 15 is 0 Å². The zero-order chi connectivity index (χ0) is 25.8. The second-order valence-electron chi connectivity index (χ2n) is 8.14. The first-order valence-corrected chi connectivity index (χ1v) is 11.7. The summed E-state index contributed by atoms with van der Waals surface area (Å²) < 4.78 is 11.6. The molecule has 0 atom stereocenters. The van der Waals surface area contributed by atoms with E-state index in [4.69, 9.17) is 9.47 Å². The molecule has 0 bridgehead atoms. The Kier molecular flexibility index (Phi) is 9.88. The molecule has 36 heavy (non-hydrogen) atoms. The van der Waals surface area contributed by atoms with Crippen molar-refractivity contribution < 1.29 is 34.1 Å². The minimum atomic E-state index is -1.27. The van der Waals surface area contributed by atoms with Crippen LogP contribution in [-0.2, 0) is 11.2 Å². The Morgan fingerprint density at radius 3 is 2.00 bits per heavy atom. The summed E-state index contributed by atoms with van der Waals surface area (Å²) in [4.78, 5) is 34.8. The van der Waals surface area contributed by atoms with Crippen LogP contribution in [0.5, 0.6) is 11.5 Å². The van der Waals surface area contributed by atoms with Gasteiger partial charge < -0.3 is 25.0 Å². The highest BCUT2D eigenvalue weighted by atomic mass is 16.5. The molecule has 0 aliphatic rings. The second-order valence-corrected chi connectivity index (χ2v) is 8.14.